The van der Waals surface area contributed by atoms with Gasteiger partial charge in [0.15, 0.2) is 0 Å². The average molecular weight is 202 g/mol. The van der Waals surface area contributed by atoms with Crippen LogP contribution in [0.5, 0.6) is 0 Å². The van der Waals surface area contributed by atoms with Crippen LogP contribution in [0.2, 0.25) is 0 Å². The van der Waals surface area contributed by atoms with Crippen LogP contribution in [0.4, 0.5) is 0 Å². The van der Waals surface area contributed by atoms with Gasteiger partial charge in [-0.25, -0.2) is 5.01 Å². The number of aliphatic hydroxyl groups is 1. The van der Waals surface area contributed by atoms with Crippen LogP contribution in [-0.2, 0) is 4.74 Å². The number of nitrogens with one attached hydrogen (secondary N) is 1. The van der Waals surface area contributed by atoms with Gasteiger partial charge in [0.25, 0.3) is 0 Å². The molecule has 0 aromatic rings. The number of hydrogen-bond donors (Lipinski definition) is 2. The Balaban J connectivity index is 2.00. The molecule has 0 amide bonds. The van der Waals surface area contributed by atoms with E-state index in [0.29, 0.717) is 19.8 Å². The van der Waals surface area contributed by atoms with Crippen LogP contribution in [-0.4, -0.2) is 49.1 Å². The lowest BCUT2D eigenvalue weighted by molar-refractivity contribution is 0.0258. The molecular formula is C10H22N2O2. The first-order valence-corrected chi connectivity index (χ1v) is 5.57. The summed E-state index contributed by atoms with van der Waals surface area (Å²) in [6.45, 7) is 5.83. The van der Waals surface area contributed by atoms with Crippen molar-refractivity contribution in [2.45, 2.75) is 32.3 Å². The zero-order chi connectivity index (χ0) is 10.2. The van der Waals surface area contributed by atoms with Gasteiger partial charge in [-0.1, -0.05) is 6.42 Å². The number of hydrogen-bond acceptors (Lipinski definition) is 4. The predicted molar refractivity (Wildman–Crippen MR) is 55.9 cm³/mol. The summed E-state index contributed by atoms with van der Waals surface area (Å²) in [4.78, 5) is 0. The summed E-state index contributed by atoms with van der Waals surface area (Å²) >= 11 is 0. The van der Waals surface area contributed by atoms with E-state index in [-0.39, 0.29) is 0 Å². The predicted octanol–water partition coefficient (Wildman–Crippen LogP) is 0.374. The molecule has 1 saturated heterocycles. The van der Waals surface area contributed by atoms with Crippen molar-refractivity contribution in [3.05, 3.63) is 0 Å². The van der Waals surface area contributed by atoms with E-state index in [1.165, 1.54) is 19.3 Å². The van der Waals surface area contributed by atoms with Crippen LogP contribution < -0.4 is 5.43 Å². The maximum Gasteiger partial charge on any atom is 0.0911 e. The quantitative estimate of drug-likeness (QED) is 0.653. The maximum absolute atomic E-state index is 9.50. The second kappa shape index (κ2) is 7.17. The monoisotopic (exact) mass is 202 g/mol. The SMILES string of the molecule is CCOCC(O)CNN1CCCCC1. The second-order valence-electron chi connectivity index (χ2n) is 3.72. The van der Waals surface area contributed by atoms with Crippen LogP contribution in [0.1, 0.15) is 26.2 Å². The number of ether oxygens (including phenoxy) is 1. The van der Waals surface area contributed by atoms with Gasteiger partial charge in [0.05, 0.1) is 12.7 Å². The van der Waals surface area contributed by atoms with Crippen LogP contribution >= 0.6 is 0 Å². The van der Waals surface area contributed by atoms with Crippen LogP contribution in [0, 0.1) is 0 Å². The second-order valence-corrected chi connectivity index (χ2v) is 3.72. The Bertz CT molecular complexity index is 138. The van der Waals surface area contributed by atoms with Crippen LogP contribution in [0.3, 0.4) is 0 Å². The van der Waals surface area contributed by atoms with Gasteiger partial charge in [0.2, 0.25) is 0 Å². The molecule has 84 valence electrons. The van der Waals surface area contributed by atoms with Crippen molar-refractivity contribution in [3.63, 3.8) is 0 Å². The third kappa shape index (κ3) is 4.91. The van der Waals surface area contributed by atoms with Crippen molar-refractivity contribution in [2.75, 3.05) is 32.8 Å². The number of nitrogens with zero attached hydrogens (tertiary/aromatic N) is 1. The molecule has 4 nitrogen and oxygen atoms in total. The first-order valence-electron chi connectivity index (χ1n) is 5.57. The highest BCUT2D eigenvalue weighted by Crippen LogP contribution is 2.05. The molecule has 1 unspecified atom stereocenters. The molecule has 1 rings (SSSR count). The Hall–Kier alpha value is -0.160. The molecule has 0 radical (unpaired) electrons. The fourth-order valence-corrected chi connectivity index (χ4v) is 1.60. The van der Waals surface area contributed by atoms with Gasteiger partial charge in [-0.2, -0.15) is 0 Å². The third-order valence-electron chi connectivity index (χ3n) is 2.42. The lowest BCUT2D eigenvalue weighted by Crippen LogP contribution is -2.45. The van der Waals surface area contributed by atoms with E-state index in [4.69, 9.17) is 4.74 Å². The minimum Gasteiger partial charge on any atom is -0.389 e. The van der Waals surface area contributed by atoms with E-state index in [9.17, 15) is 5.11 Å². The van der Waals surface area contributed by atoms with Gasteiger partial charge < -0.3 is 9.84 Å². The molecule has 0 bridgehead atoms. The van der Waals surface area contributed by atoms with E-state index in [0.717, 1.165) is 13.1 Å². The Morgan fingerprint density at radius 2 is 2.07 bits per heavy atom. The lowest BCUT2D eigenvalue weighted by atomic mass is 10.2. The van der Waals surface area contributed by atoms with Crippen molar-refractivity contribution in [1.82, 2.24) is 10.4 Å². The molecule has 14 heavy (non-hydrogen) atoms. The summed E-state index contributed by atoms with van der Waals surface area (Å²) in [5.41, 5.74) is 3.23. The minimum atomic E-state index is -0.392. The van der Waals surface area contributed by atoms with Crippen LogP contribution in [0.15, 0.2) is 0 Å². The van der Waals surface area contributed by atoms with Gasteiger partial charge in [0, 0.05) is 26.2 Å². The van der Waals surface area contributed by atoms with Gasteiger partial charge in [-0.05, 0) is 19.8 Å². The number of piperidine rings is 1. The largest absolute Gasteiger partial charge is 0.389 e. The Morgan fingerprint density at radius 3 is 2.71 bits per heavy atom. The molecule has 0 spiro atoms. The summed E-state index contributed by atoms with van der Waals surface area (Å²) < 4.78 is 5.13. The van der Waals surface area contributed by atoms with E-state index < -0.39 is 6.10 Å². The zero-order valence-corrected chi connectivity index (χ0v) is 9.04. The normalized spacial score (nSPS) is 21.0. The maximum atomic E-state index is 9.50. The number of rotatable bonds is 6. The van der Waals surface area contributed by atoms with E-state index >= 15 is 0 Å². The van der Waals surface area contributed by atoms with Gasteiger partial charge in [0.1, 0.15) is 0 Å². The Labute approximate surface area is 86.2 Å². The number of aliphatic hydroxyl groups excluding tert-OH is 1. The summed E-state index contributed by atoms with van der Waals surface area (Å²) in [6.07, 6.45) is 3.46. The van der Waals surface area contributed by atoms with E-state index in [1.54, 1.807) is 0 Å². The van der Waals surface area contributed by atoms with Crippen molar-refractivity contribution in [1.29, 1.82) is 0 Å². The molecule has 1 fully saturated rings. The molecular weight excluding hydrogens is 180 g/mol. The molecule has 0 aromatic carbocycles. The molecule has 0 aromatic heterocycles. The van der Waals surface area contributed by atoms with Crippen molar-refractivity contribution < 1.29 is 9.84 Å². The Kier molecular flexibility index (Phi) is 6.10. The fraction of sp³-hybridized carbons (Fsp3) is 1.00. The number of hydrazine groups is 1. The highest BCUT2D eigenvalue weighted by molar-refractivity contribution is 4.63. The lowest BCUT2D eigenvalue weighted by Gasteiger charge is -2.28. The van der Waals surface area contributed by atoms with Gasteiger partial charge in [-0.15, -0.1) is 0 Å². The van der Waals surface area contributed by atoms with Gasteiger partial charge in [-0.3, -0.25) is 5.43 Å². The summed E-state index contributed by atoms with van der Waals surface area (Å²) in [7, 11) is 0. The van der Waals surface area contributed by atoms with E-state index in [2.05, 4.69) is 10.4 Å². The molecule has 0 aliphatic carbocycles. The summed E-state index contributed by atoms with van der Waals surface area (Å²) in [6, 6.07) is 0. The Morgan fingerprint density at radius 1 is 1.36 bits per heavy atom. The molecule has 2 N–H and O–H groups in total. The first-order chi connectivity index (χ1) is 6.83. The first kappa shape index (κ1) is 11.9. The summed E-state index contributed by atoms with van der Waals surface area (Å²) in [5.74, 6) is 0. The van der Waals surface area contributed by atoms with Crippen LogP contribution in [0.25, 0.3) is 0 Å². The van der Waals surface area contributed by atoms with Crippen molar-refractivity contribution >= 4 is 0 Å². The highest BCUT2D eigenvalue weighted by Gasteiger charge is 2.11. The standard InChI is InChI=1S/C10H22N2O2/c1-2-14-9-10(13)8-11-12-6-4-3-5-7-12/h10-11,13H,2-9H2,1H3. The smallest absolute Gasteiger partial charge is 0.0911 e. The summed E-state index contributed by atoms with van der Waals surface area (Å²) in [5, 5.41) is 11.7. The third-order valence-corrected chi connectivity index (χ3v) is 2.42. The molecule has 4 heteroatoms. The van der Waals surface area contributed by atoms with Crippen molar-refractivity contribution in [2.24, 2.45) is 0 Å². The molecule has 1 aliphatic rings. The fourth-order valence-electron chi connectivity index (χ4n) is 1.60. The van der Waals surface area contributed by atoms with E-state index in [1.807, 2.05) is 6.92 Å². The minimum absolute atomic E-state index is 0.392. The molecule has 1 aliphatic heterocycles. The highest BCUT2D eigenvalue weighted by atomic mass is 16.5. The topological polar surface area (TPSA) is 44.7 Å². The van der Waals surface area contributed by atoms with Crippen molar-refractivity contribution in [3.8, 4) is 0 Å². The zero-order valence-electron chi connectivity index (χ0n) is 9.04. The van der Waals surface area contributed by atoms with Gasteiger partial charge >= 0.3 is 0 Å². The molecule has 1 atom stereocenters. The molecule has 0 saturated carbocycles. The molecule has 1 heterocycles. The average Bonchev–Trinajstić information content (AvgIpc) is 2.25.